The Morgan fingerprint density at radius 1 is 1.04 bits per heavy atom. The van der Waals surface area contributed by atoms with E-state index in [4.69, 9.17) is 21.1 Å². The van der Waals surface area contributed by atoms with Crippen molar-refractivity contribution < 1.29 is 19.1 Å². The van der Waals surface area contributed by atoms with Crippen LogP contribution in [0.2, 0.25) is 5.02 Å². The summed E-state index contributed by atoms with van der Waals surface area (Å²) in [4.78, 5) is 23.6. The van der Waals surface area contributed by atoms with E-state index in [9.17, 15) is 9.59 Å². The van der Waals surface area contributed by atoms with Crippen LogP contribution in [0.15, 0.2) is 42.5 Å². The van der Waals surface area contributed by atoms with Gasteiger partial charge in [-0.1, -0.05) is 23.7 Å². The number of amides is 2. The summed E-state index contributed by atoms with van der Waals surface area (Å²) >= 11 is 5.82. The van der Waals surface area contributed by atoms with Gasteiger partial charge >= 0.3 is 11.8 Å². The number of nitrogens with one attached hydrogen (secondary N) is 2. The first-order valence-electron chi connectivity index (χ1n) is 6.85. The van der Waals surface area contributed by atoms with Crippen LogP contribution in [-0.4, -0.2) is 18.6 Å². The molecule has 0 aromatic heterocycles. The van der Waals surface area contributed by atoms with Crippen LogP contribution in [0.4, 0.5) is 5.69 Å². The molecule has 0 saturated heterocycles. The lowest BCUT2D eigenvalue weighted by atomic mass is 10.2. The zero-order valence-electron chi connectivity index (χ0n) is 12.0. The summed E-state index contributed by atoms with van der Waals surface area (Å²) in [5.41, 5.74) is 1.26. The van der Waals surface area contributed by atoms with E-state index in [0.29, 0.717) is 22.2 Å². The zero-order chi connectivity index (χ0) is 16.2. The Balaban J connectivity index is 1.55. The number of hydrogen-bond donors (Lipinski definition) is 2. The molecule has 1 aliphatic rings. The molecule has 0 atom stereocenters. The second kappa shape index (κ2) is 6.58. The lowest BCUT2D eigenvalue weighted by molar-refractivity contribution is -0.136. The molecule has 23 heavy (non-hydrogen) atoms. The number of carbonyl (C=O) groups is 2. The highest BCUT2D eigenvalue weighted by molar-refractivity contribution is 6.39. The molecule has 3 rings (SSSR count). The molecule has 0 bridgehead atoms. The highest BCUT2D eigenvalue weighted by Crippen LogP contribution is 2.32. The third-order valence-corrected chi connectivity index (χ3v) is 3.41. The van der Waals surface area contributed by atoms with E-state index < -0.39 is 11.8 Å². The molecule has 6 nitrogen and oxygen atoms in total. The van der Waals surface area contributed by atoms with Crippen molar-refractivity contribution in [3.8, 4) is 11.5 Å². The van der Waals surface area contributed by atoms with Gasteiger partial charge in [-0.05, 0) is 35.9 Å². The summed E-state index contributed by atoms with van der Waals surface area (Å²) in [7, 11) is 0. The molecule has 7 heteroatoms. The topological polar surface area (TPSA) is 76.7 Å². The fraction of sp³-hybridized carbons (Fsp3) is 0.125. The first-order valence-corrected chi connectivity index (χ1v) is 7.23. The third-order valence-electron chi connectivity index (χ3n) is 3.18. The van der Waals surface area contributed by atoms with E-state index in [1.165, 1.54) is 0 Å². The van der Waals surface area contributed by atoms with Crippen LogP contribution in [0.1, 0.15) is 5.56 Å². The SMILES string of the molecule is O=C(NCc1ccc2c(c1)OCO2)C(=O)Nc1cccc(Cl)c1. The van der Waals surface area contributed by atoms with E-state index in [1.807, 2.05) is 0 Å². The van der Waals surface area contributed by atoms with Crippen LogP contribution in [0, 0.1) is 0 Å². The molecule has 118 valence electrons. The standard InChI is InChI=1S/C16H13ClN2O4/c17-11-2-1-3-12(7-11)19-16(21)15(20)18-8-10-4-5-13-14(6-10)23-9-22-13/h1-7H,8-9H2,(H,18,20)(H,19,21). The van der Waals surface area contributed by atoms with Crippen molar-refractivity contribution in [3.05, 3.63) is 53.1 Å². The predicted octanol–water partition coefficient (Wildman–Crippen LogP) is 2.32. The van der Waals surface area contributed by atoms with Gasteiger partial charge in [-0.3, -0.25) is 9.59 Å². The number of benzene rings is 2. The fourth-order valence-corrected chi connectivity index (χ4v) is 2.26. The van der Waals surface area contributed by atoms with Gasteiger partial charge in [0.15, 0.2) is 11.5 Å². The fourth-order valence-electron chi connectivity index (χ4n) is 2.07. The Bertz CT molecular complexity index is 763. The van der Waals surface area contributed by atoms with E-state index >= 15 is 0 Å². The Morgan fingerprint density at radius 2 is 1.87 bits per heavy atom. The van der Waals surface area contributed by atoms with Gasteiger partial charge < -0.3 is 20.1 Å². The largest absolute Gasteiger partial charge is 0.454 e. The number of hydrogen-bond acceptors (Lipinski definition) is 4. The molecule has 0 radical (unpaired) electrons. The maximum Gasteiger partial charge on any atom is 0.313 e. The van der Waals surface area contributed by atoms with E-state index in [-0.39, 0.29) is 13.3 Å². The van der Waals surface area contributed by atoms with E-state index in [1.54, 1.807) is 42.5 Å². The Morgan fingerprint density at radius 3 is 2.70 bits per heavy atom. The first kappa shape index (κ1) is 15.2. The van der Waals surface area contributed by atoms with Gasteiger partial charge in [0.2, 0.25) is 6.79 Å². The van der Waals surface area contributed by atoms with Gasteiger partial charge in [0.25, 0.3) is 0 Å². The van der Waals surface area contributed by atoms with Crippen molar-refractivity contribution >= 4 is 29.1 Å². The van der Waals surface area contributed by atoms with Crippen LogP contribution < -0.4 is 20.1 Å². The summed E-state index contributed by atoms with van der Waals surface area (Å²) in [6.45, 7) is 0.394. The molecular weight excluding hydrogens is 320 g/mol. The summed E-state index contributed by atoms with van der Waals surface area (Å²) in [6, 6.07) is 11.9. The summed E-state index contributed by atoms with van der Waals surface area (Å²) in [5.74, 6) is -0.199. The number of halogens is 1. The smallest absolute Gasteiger partial charge is 0.313 e. The lowest BCUT2D eigenvalue weighted by Crippen LogP contribution is -2.34. The molecule has 0 spiro atoms. The van der Waals surface area contributed by atoms with E-state index in [0.717, 1.165) is 5.56 Å². The van der Waals surface area contributed by atoms with Gasteiger partial charge in [0.1, 0.15) is 0 Å². The van der Waals surface area contributed by atoms with Crippen molar-refractivity contribution in [2.45, 2.75) is 6.54 Å². The average Bonchev–Trinajstić information content (AvgIpc) is 3.00. The maximum absolute atomic E-state index is 11.8. The highest BCUT2D eigenvalue weighted by Gasteiger charge is 2.16. The molecule has 2 aromatic carbocycles. The van der Waals surface area contributed by atoms with Crippen molar-refractivity contribution in [3.63, 3.8) is 0 Å². The minimum absolute atomic E-state index is 0.188. The van der Waals surface area contributed by atoms with Crippen molar-refractivity contribution in [2.75, 3.05) is 12.1 Å². The van der Waals surface area contributed by atoms with Gasteiger partial charge in [-0.25, -0.2) is 0 Å². The van der Waals surface area contributed by atoms with Gasteiger partial charge in [-0.2, -0.15) is 0 Å². The number of rotatable bonds is 3. The molecule has 1 heterocycles. The van der Waals surface area contributed by atoms with Crippen LogP contribution in [0.3, 0.4) is 0 Å². The number of anilines is 1. The molecule has 0 aliphatic carbocycles. The quantitative estimate of drug-likeness (QED) is 0.846. The second-order valence-electron chi connectivity index (χ2n) is 4.83. The molecule has 1 aliphatic heterocycles. The molecule has 2 amide bonds. The Hall–Kier alpha value is -2.73. The normalized spacial score (nSPS) is 11.9. The minimum Gasteiger partial charge on any atom is -0.454 e. The monoisotopic (exact) mass is 332 g/mol. The van der Waals surface area contributed by atoms with Gasteiger partial charge in [-0.15, -0.1) is 0 Å². The van der Waals surface area contributed by atoms with Crippen LogP contribution >= 0.6 is 11.6 Å². The second-order valence-corrected chi connectivity index (χ2v) is 5.27. The van der Waals surface area contributed by atoms with Crippen LogP contribution in [-0.2, 0) is 16.1 Å². The Labute approximate surface area is 137 Å². The Kier molecular flexibility index (Phi) is 4.34. The van der Waals surface area contributed by atoms with Crippen LogP contribution in [0.25, 0.3) is 0 Å². The molecule has 0 saturated carbocycles. The molecule has 2 aromatic rings. The predicted molar refractivity (Wildman–Crippen MR) is 84.5 cm³/mol. The minimum atomic E-state index is -0.756. The van der Waals surface area contributed by atoms with Gasteiger partial charge in [0.05, 0.1) is 0 Å². The number of ether oxygens (including phenoxy) is 2. The number of fused-ring (bicyclic) bond motifs is 1. The van der Waals surface area contributed by atoms with Crippen LogP contribution in [0.5, 0.6) is 11.5 Å². The molecule has 0 unspecified atom stereocenters. The summed E-state index contributed by atoms with van der Waals surface area (Å²) in [6.07, 6.45) is 0. The lowest BCUT2D eigenvalue weighted by Gasteiger charge is -2.07. The molecule has 0 fully saturated rings. The van der Waals surface area contributed by atoms with Crippen molar-refractivity contribution in [2.24, 2.45) is 0 Å². The van der Waals surface area contributed by atoms with E-state index in [2.05, 4.69) is 10.6 Å². The number of carbonyl (C=O) groups excluding carboxylic acids is 2. The highest BCUT2D eigenvalue weighted by atomic mass is 35.5. The summed E-state index contributed by atoms with van der Waals surface area (Å²) < 4.78 is 10.5. The maximum atomic E-state index is 11.8. The molecular formula is C16H13ClN2O4. The van der Waals surface area contributed by atoms with Crippen molar-refractivity contribution in [1.82, 2.24) is 5.32 Å². The van der Waals surface area contributed by atoms with Crippen molar-refractivity contribution in [1.29, 1.82) is 0 Å². The first-order chi connectivity index (χ1) is 11.1. The van der Waals surface area contributed by atoms with Gasteiger partial charge in [0, 0.05) is 17.3 Å². The average molecular weight is 333 g/mol. The zero-order valence-corrected chi connectivity index (χ0v) is 12.7. The third kappa shape index (κ3) is 3.73. The summed E-state index contributed by atoms with van der Waals surface area (Å²) in [5, 5.41) is 5.50. The molecule has 2 N–H and O–H groups in total.